The van der Waals surface area contributed by atoms with Crippen molar-refractivity contribution in [2.24, 2.45) is 0 Å². The minimum Gasteiger partial charge on any atom is -0.465 e. The van der Waals surface area contributed by atoms with Crippen LogP contribution in [0.5, 0.6) is 0 Å². The summed E-state index contributed by atoms with van der Waals surface area (Å²) in [5, 5.41) is 9.21. The number of hydrogen-bond acceptors (Lipinski definition) is 3. The van der Waals surface area contributed by atoms with Crippen LogP contribution in [0.2, 0.25) is 0 Å². The van der Waals surface area contributed by atoms with E-state index in [4.69, 9.17) is 0 Å². The van der Waals surface area contributed by atoms with E-state index in [9.17, 15) is 22.7 Å². The Morgan fingerprint density at radius 2 is 1.50 bits per heavy atom. The van der Waals surface area contributed by atoms with Crippen LogP contribution in [0.15, 0.2) is 71.6 Å². The van der Waals surface area contributed by atoms with Gasteiger partial charge in [-0.25, -0.2) is 17.6 Å². The zero-order valence-corrected chi connectivity index (χ0v) is 18.1. The molecule has 166 valence electrons. The molecule has 1 aliphatic rings. The number of halogens is 1. The summed E-state index contributed by atoms with van der Waals surface area (Å²) >= 11 is 0. The van der Waals surface area contributed by atoms with E-state index in [1.165, 1.54) is 17.0 Å². The van der Waals surface area contributed by atoms with Crippen molar-refractivity contribution >= 4 is 21.8 Å². The van der Waals surface area contributed by atoms with Crippen molar-refractivity contribution in [2.75, 3.05) is 17.8 Å². The summed E-state index contributed by atoms with van der Waals surface area (Å²) < 4.78 is 41.4. The first-order valence-corrected chi connectivity index (χ1v) is 11.7. The Balaban J connectivity index is 1.46. The fourth-order valence-corrected chi connectivity index (χ4v) is 4.87. The molecule has 0 unspecified atom stereocenters. The van der Waals surface area contributed by atoms with Crippen LogP contribution in [0.25, 0.3) is 0 Å². The highest BCUT2D eigenvalue weighted by molar-refractivity contribution is 7.92. The van der Waals surface area contributed by atoms with E-state index in [1.54, 1.807) is 48.5 Å². The minimum atomic E-state index is -3.77. The van der Waals surface area contributed by atoms with E-state index >= 15 is 0 Å². The highest BCUT2D eigenvalue weighted by Crippen LogP contribution is 2.23. The number of nitrogens with zero attached hydrogens (tertiary/aromatic N) is 1. The topological polar surface area (TPSA) is 86.7 Å². The van der Waals surface area contributed by atoms with Crippen molar-refractivity contribution in [2.45, 2.75) is 24.2 Å². The van der Waals surface area contributed by atoms with Gasteiger partial charge in [0, 0.05) is 18.8 Å². The van der Waals surface area contributed by atoms with Gasteiger partial charge < -0.3 is 10.0 Å². The summed E-state index contributed by atoms with van der Waals surface area (Å²) in [6.07, 6.45) is 0.771. The number of benzene rings is 3. The fraction of sp³-hybridized carbons (Fsp3) is 0.208. The van der Waals surface area contributed by atoms with Gasteiger partial charge in [-0.3, -0.25) is 4.72 Å². The van der Waals surface area contributed by atoms with Crippen molar-refractivity contribution in [3.63, 3.8) is 0 Å². The lowest BCUT2D eigenvalue weighted by Gasteiger charge is -2.15. The molecule has 0 atom stereocenters. The Morgan fingerprint density at radius 1 is 0.906 bits per heavy atom. The van der Waals surface area contributed by atoms with Crippen LogP contribution in [0.1, 0.15) is 22.3 Å². The predicted molar refractivity (Wildman–Crippen MR) is 120 cm³/mol. The third-order valence-electron chi connectivity index (χ3n) is 5.59. The average molecular weight is 455 g/mol. The second kappa shape index (κ2) is 9.00. The largest absolute Gasteiger partial charge is 0.465 e. The van der Waals surface area contributed by atoms with E-state index < -0.39 is 16.1 Å². The molecule has 1 aliphatic heterocycles. The molecular weight excluding hydrogens is 431 g/mol. The molecule has 0 aromatic heterocycles. The van der Waals surface area contributed by atoms with Gasteiger partial charge in [-0.15, -0.1) is 0 Å². The Kier molecular flexibility index (Phi) is 6.14. The molecule has 3 aromatic carbocycles. The fourth-order valence-electron chi connectivity index (χ4n) is 3.82. The van der Waals surface area contributed by atoms with Crippen LogP contribution < -0.4 is 4.72 Å². The number of amides is 1. The second-order valence-corrected chi connectivity index (χ2v) is 9.49. The summed E-state index contributed by atoms with van der Waals surface area (Å²) in [7, 11) is -3.77. The molecule has 4 rings (SSSR count). The molecule has 0 aliphatic carbocycles. The quantitative estimate of drug-likeness (QED) is 0.602. The van der Waals surface area contributed by atoms with Crippen molar-refractivity contribution in [3.05, 3.63) is 94.8 Å². The molecule has 0 bridgehead atoms. The van der Waals surface area contributed by atoms with Gasteiger partial charge in [0.2, 0.25) is 0 Å². The maximum Gasteiger partial charge on any atom is 0.407 e. The monoisotopic (exact) mass is 454 g/mol. The smallest absolute Gasteiger partial charge is 0.407 e. The van der Waals surface area contributed by atoms with E-state index in [2.05, 4.69) is 4.72 Å². The molecule has 0 fully saturated rings. The molecule has 0 saturated heterocycles. The Morgan fingerprint density at radius 3 is 2.12 bits per heavy atom. The number of sulfonamides is 1. The summed E-state index contributed by atoms with van der Waals surface area (Å²) in [6.45, 7) is 0.811. The van der Waals surface area contributed by atoms with Crippen LogP contribution in [0, 0.1) is 5.82 Å². The van der Waals surface area contributed by atoms with Crippen LogP contribution in [-0.2, 0) is 29.3 Å². The molecule has 1 heterocycles. The number of carboxylic acid groups (broad SMARTS) is 1. The van der Waals surface area contributed by atoms with Crippen LogP contribution >= 0.6 is 0 Å². The first-order valence-electron chi connectivity index (χ1n) is 10.3. The lowest BCUT2D eigenvalue weighted by molar-refractivity contribution is 0.147. The number of hydrogen-bond donors (Lipinski definition) is 2. The highest BCUT2D eigenvalue weighted by atomic mass is 32.2. The molecular formula is C24H23FN2O4S. The first-order chi connectivity index (χ1) is 15.3. The normalized spacial score (nSPS) is 13.8. The summed E-state index contributed by atoms with van der Waals surface area (Å²) in [5.41, 5.74) is 4.28. The maximum atomic E-state index is 13.1. The van der Waals surface area contributed by atoms with Crippen LogP contribution in [-0.4, -0.2) is 37.6 Å². The lowest BCUT2D eigenvalue weighted by atomic mass is 10.0. The Bertz CT molecular complexity index is 1230. The van der Waals surface area contributed by atoms with E-state index in [0.717, 1.165) is 22.3 Å². The zero-order valence-electron chi connectivity index (χ0n) is 17.3. The third-order valence-corrected chi connectivity index (χ3v) is 6.98. The molecule has 2 N–H and O–H groups in total. The van der Waals surface area contributed by atoms with Crippen molar-refractivity contribution in [1.29, 1.82) is 0 Å². The molecule has 3 aromatic rings. The molecule has 0 saturated carbocycles. The van der Waals surface area contributed by atoms with Gasteiger partial charge in [0.15, 0.2) is 0 Å². The minimum absolute atomic E-state index is 0.146. The van der Waals surface area contributed by atoms with Gasteiger partial charge >= 0.3 is 6.09 Å². The first kappa shape index (κ1) is 21.8. The third kappa shape index (κ3) is 5.08. The second-order valence-electron chi connectivity index (χ2n) is 7.81. The Labute approximate surface area is 186 Å². The summed E-state index contributed by atoms with van der Waals surface area (Å²) in [4.78, 5) is 12.7. The molecule has 0 radical (unpaired) electrons. The molecule has 0 spiro atoms. The highest BCUT2D eigenvalue weighted by Gasteiger charge is 2.19. The molecule has 6 nitrogen and oxygen atoms in total. The van der Waals surface area contributed by atoms with Crippen LogP contribution in [0.4, 0.5) is 14.9 Å². The van der Waals surface area contributed by atoms with E-state index in [-0.39, 0.29) is 10.7 Å². The predicted octanol–water partition coefficient (Wildman–Crippen LogP) is 4.30. The number of nitrogens with one attached hydrogen (secondary N) is 1. The van der Waals surface area contributed by atoms with E-state index in [1.807, 2.05) is 6.07 Å². The van der Waals surface area contributed by atoms with Gasteiger partial charge in [-0.05, 0) is 77.9 Å². The number of fused-ring (bicyclic) bond motifs is 1. The van der Waals surface area contributed by atoms with Gasteiger partial charge in [0.25, 0.3) is 10.0 Å². The number of carbonyl (C=O) groups is 1. The van der Waals surface area contributed by atoms with E-state index in [0.29, 0.717) is 38.0 Å². The van der Waals surface area contributed by atoms with Gasteiger partial charge in [-0.2, -0.15) is 0 Å². The summed E-state index contributed by atoms with van der Waals surface area (Å²) in [6, 6.07) is 18.1. The average Bonchev–Trinajstić information content (AvgIpc) is 2.98. The van der Waals surface area contributed by atoms with Gasteiger partial charge in [0.1, 0.15) is 5.82 Å². The summed E-state index contributed by atoms with van der Waals surface area (Å²) in [5.74, 6) is -0.293. The van der Waals surface area contributed by atoms with Crippen molar-refractivity contribution in [1.82, 2.24) is 4.90 Å². The standard InChI is InChI=1S/C24H23FN2O4S/c25-21-6-1-17(2-7-21)15-18-3-9-23(10-4-18)32(30,31)26-22-8-5-19-11-13-27(24(28)29)14-12-20(19)16-22/h1-10,16,26H,11-15H2,(H,28,29). The number of anilines is 1. The molecule has 1 amide bonds. The maximum absolute atomic E-state index is 13.1. The molecule has 32 heavy (non-hydrogen) atoms. The SMILES string of the molecule is O=C(O)N1CCc2ccc(NS(=O)(=O)c3ccc(Cc4ccc(F)cc4)cc3)cc2CC1. The van der Waals surface area contributed by atoms with Crippen molar-refractivity contribution in [3.8, 4) is 0 Å². The Hall–Kier alpha value is -3.39. The van der Waals surface area contributed by atoms with Crippen molar-refractivity contribution < 1.29 is 22.7 Å². The van der Waals surface area contributed by atoms with Crippen LogP contribution in [0.3, 0.4) is 0 Å². The zero-order chi connectivity index (χ0) is 22.7. The molecule has 8 heteroatoms. The van der Waals surface area contributed by atoms with Gasteiger partial charge in [0.05, 0.1) is 4.90 Å². The van der Waals surface area contributed by atoms with Gasteiger partial charge in [-0.1, -0.05) is 30.3 Å². The number of rotatable bonds is 5. The lowest BCUT2D eigenvalue weighted by Crippen LogP contribution is -2.31.